The van der Waals surface area contributed by atoms with Crippen LogP contribution in [0.15, 0.2) is 30.0 Å². The van der Waals surface area contributed by atoms with Crippen molar-refractivity contribution >= 4 is 17.2 Å². The van der Waals surface area contributed by atoms with E-state index in [1.165, 1.54) is 0 Å². The second kappa shape index (κ2) is 4.18. The van der Waals surface area contributed by atoms with Crippen molar-refractivity contribution in [3.63, 3.8) is 0 Å². The van der Waals surface area contributed by atoms with Crippen LogP contribution in [-0.4, -0.2) is 15.9 Å². The number of pyridine rings is 1. The SMILES string of the molecule is NC(=O)c1ccncc1Cc1nccs1. The van der Waals surface area contributed by atoms with Gasteiger partial charge in [-0.25, -0.2) is 4.98 Å². The normalized spacial score (nSPS) is 10.1. The third kappa shape index (κ3) is 2.19. The maximum Gasteiger partial charge on any atom is 0.249 e. The molecule has 76 valence electrons. The molecule has 0 fully saturated rings. The van der Waals surface area contributed by atoms with E-state index in [4.69, 9.17) is 5.73 Å². The lowest BCUT2D eigenvalue weighted by atomic mass is 10.1. The Morgan fingerprint density at radius 2 is 2.33 bits per heavy atom. The van der Waals surface area contributed by atoms with Crippen LogP contribution in [0.5, 0.6) is 0 Å². The third-order valence-electron chi connectivity index (χ3n) is 1.99. The topological polar surface area (TPSA) is 68.9 Å². The van der Waals surface area contributed by atoms with Gasteiger partial charge in [-0.2, -0.15) is 0 Å². The fourth-order valence-corrected chi connectivity index (χ4v) is 1.95. The molecule has 5 heteroatoms. The second-order valence-electron chi connectivity index (χ2n) is 3.00. The molecule has 0 atom stereocenters. The number of aromatic nitrogens is 2. The zero-order valence-electron chi connectivity index (χ0n) is 7.88. The first-order valence-electron chi connectivity index (χ1n) is 4.38. The number of hydrogen-bond donors (Lipinski definition) is 1. The summed E-state index contributed by atoms with van der Waals surface area (Å²) in [7, 11) is 0. The molecule has 0 unspecified atom stereocenters. The Morgan fingerprint density at radius 1 is 1.47 bits per heavy atom. The number of carbonyl (C=O) groups excluding carboxylic acids is 1. The lowest BCUT2D eigenvalue weighted by Gasteiger charge is -2.02. The minimum Gasteiger partial charge on any atom is -0.366 e. The summed E-state index contributed by atoms with van der Waals surface area (Å²) in [5.74, 6) is -0.427. The van der Waals surface area contributed by atoms with E-state index in [2.05, 4.69) is 9.97 Å². The van der Waals surface area contributed by atoms with Crippen molar-refractivity contribution < 1.29 is 4.79 Å². The maximum absolute atomic E-state index is 11.1. The molecule has 0 aliphatic heterocycles. The highest BCUT2D eigenvalue weighted by atomic mass is 32.1. The summed E-state index contributed by atoms with van der Waals surface area (Å²) in [4.78, 5) is 19.3. The van der Waals surface area contributed by atoms with Gasteiger partial charge in [-0.1, -0.05) is 0 Å². The van der Waals surface area contributed by atoms with E-state index in [9.17, 15) is 4.79 Å². The first kappa shape index (κ1) is 9.79. The van der Waals surface area contributed by atoms with Crippen LogP contribution in [0.1, 0.15) is 20.9 Å². The van der Waals surface area contributed by atoms with Crippen LogP contribution >= 0.6 is 11.3 Å². The summed E-state index contributed by atoms with van der Waals surface area (Å²) in [5, 5.41) is 2.85. The fourth-order valence-electron chi connectivity index (χ4n) is 1.31. The average molecular weight is 219 g/mol. The molecular weight excluding hydrogens is 210 g/mol. The van der Waals surface area contributed by atoms with Gasteiger partial charge in [0.25, 0.3) is 0 Å². The monoisotopic (exact) mass is 219 g/mol. The fraction of sp³-hybridized carbons (Fsp3) is 0.100. The summed E-state index contributed by atoms with van der Waals surface area (Å²) >= 11 is 1.55. The molecule has 0 aliphatic carbocycles. The molecular formula is C10H9N3OS. The third-order valence-corrected chi connectivity index (χ3v) is 2.77. The second-order valence-corrected chi connectivity index (χ2v) is 3.98. The van der Waals surface area contributed by atoms with E-state index in [1.54, 1.807) is 36.0 Å². The van der Waals surface area contributed by atoms with E-state index in [-0.39, 0.29) is 0 Å². The number of thiazole rings is 1. The molecule has 4 nitrogen and oxygen atoms in total. The molecule has 1 amide bonds. The number of nitrogens with two attached hydrogens (primary N) is 1. The van der Waals surface area contributed by atoms with Gasteiger partial charge in [0.2, 0.25) is 5.91 Å². The van der Waals surface area contributed by atoms with Crippen molar-refractivity contribution in [3.8, 4) is 0 Å². The van der Waals surface area contributed by atoms with Crippen molar-refractivity contribution in [2.24, 2.45) is 5.73 Å². The highest BCUT2D eigenvalue weighted by Crippen LogP contribution is 2.14. The van der Waals surface area contributed by atoms with Crippen molar-refractivity contribution in [1.29, 1.82) is 0 Å². The van der Waals surface area contributed by atoms with Gasteiger partial charge in [0.05, 0.1) is 5.01 Å². The van der Waals surface area contributed by atoms with Crippen molar-refractivity contribution in [3.05, 3.63) is 46.2 Å². The van der Waals surface area contributed by atoms with E-state index < -0.39 is 5.91 Å². The van der Waals surface area contributed by atoms with E-state index in [0.717, 1.165) is 10.6 Å². The minimum absolute atomic E-state index is 0.427. The van der Waals surface area contributed by atoms with Crippen LogP contribution in [-0.2, 0) is 6.42 Å². The number of carbonyl (C=O) groups is 1. The molecule has 0 saturated carbocycles. The van der Waals surface area contributed by atoms with E-state index >= 15 is 0 Å². The van der Waals surface area contributed by atoms with Gasteiger partial charge >= 0.3 is 0 Å². The molecule has 15 heavy (non-hydrogen) atoms. The lowest BCUT2D eigenvalue weighted by molar-refractivity contribution is 0.0999. The van der Waals surface area contributed by atoms with Crippen LogP contribution < -0.4 is 5.73 Å². The molecule has 2 N–H and O–H groups in total. The van der Waals surface area contributed by atoms with Gasteiger partial charge in [0.1, 0.15) is 0 Å². The molecule has 2 aromatic rings. The number of primary amides is 1. The van der Waals surface area contributed by atoms with Crippen molar-refractivity contribution in [2.45, 2.75) is 6.42 Å². The number of hydrogen-bond acceptors (Lipinski definition) is 4. The quantitative estimate of drug-likeness (QED) is 0.844. The van der Waals surface area contributed by atoms with Gasteiger partial charge in [-0.3, -0.25) is 9.78 Å². The summed E-state index contributed by atoms with van der Waals surface area (Å²) in [6, 6.07) is 1.63. The van der Waals surface area contributed by atoms with Gasteiger partial charge in [0.15, 0.2) is 0 Å². The van der Waals surface area contributed by atoms with Crippen molar-refractivity contribution in [1.82, 2.24) is 9.97 Å². The molecule has 2 heterocycles. The highest BCUT2D eigenvalue weighted by Gasteiger charge is 2.09. The van der Waals surface area contributed by atoms with E-state index in [0.29, 0.717) is 12.0 Å². The van der Waals surface area contributed by atoms with Crippen LogP contribution in [0.3, 0.4) is 0 Å². The molecule has 0 spiro atoms. The molecule has 2 rings (SSSR count). The Balaban J connectivity index is 2.32. The largest absolute Gasteiger partial charge is 0.366 e. The Labute approximate surface area is 90.8 Å². The van der Waals surface area contributed by atoms with Gasteiger partial charge in [0, 0.05) is 36.0 Å². The van der Waals surface area contributed by atoms with Crippen molar-refractivity contribution in [2.75, 3.05) is 0 Å². The smallest absolute Gasteiger partial charge is 0.249 e. The zero-order chi connectivity index (χ0) is 10.7. The summed E-state index contributed by atoms with van der Waals surface area (Å²) in [6.07, 6.45) is 5.55. The molecule has 0 radical (unpaired) electrons. The first-order valence-corrected chi connectivity index (χ1v) is 5.26. The highest BCUT2D eigenvalue weighted by molar-refractivity contribution is 7.09. The Morgan fingerprint density at radius 3 is 3.00 bits per heavy atom. The molecule has 0 saturated heterocycles. The standard InChI is InChI=1S/C10H9N3OS/c11-10(14)8-1-2-12-6-7(8)5-9-13-3-4-15-9/h1-4,6H,5H2,(H2,11,14). The van der Waals surface area contributed by atoms with Gasteiger partial charge in [-0.15, -0.1) is 11.3 Å². The summed E-state index contributed by atoms with van der Waals surface area (Å²) in [6.45, 7) is 0. The Bertz CT molecular complexity index is 467. The minimum atomic E-state index is -0.427. The predicted molar refractivity (Wildman–Crippen MR) is 57.7 cm³/mol. The van der Waals surface area contributed by atoms with Gasteiger partial charge < -0.3 is 5.73 Å². The van der Waals surface area contributed by atoms with Crippen LogP contribution in [0.4, 0.5) is 0 Å². The summed E-state index contributed by atoms with van der Waals surface area (Å²) < 4.78 is 0. The lowest BCUT2D eigenvalue weighted by Crippen LogP contribution is -2.14. The molecule has 2 aromatic heterocycles. The number of rotatable bonds is 3. The molecule has 0 aromatic carbocycles. The Hall–Kier alpha value is -1.75. The van der Waals surface area contributed by atoms with Crippen LogP contribution in [0.2, 0.25) is 0 Å². The summed E-state index contributed by atoms with van der Waals surface area (Å²) in [5.41, 5.74) is 6.59. The van der Waals surface area contributed by atoms with Crippen LogP contribution in [0.25, 0.3) is 0 Å². The maximum atomic E-state index is 11.1. The number of amides is 1. The average Bonchev–Trinajstić information content (AvgIpc) is 2.71. The molecule has 0 bridgehead atoms. The van der Waals surface area contributed by atoms with Crippen LogP contribution in [0, 0.1) is 0 Å². The van der Waals surface area contributed by atoms with Gasteiger partial charge in [-0.05, 0) is 11.6 Å². The molecule has 0 aliphatic rings. The number of nitrogens with zero attached hydrogens (tertiary/aromatic N) is 2. The first-order chi connectivity index (χ1) is 7.27. The predicted octanol–water partition coefficient (Wildman–Crippen LogP) is 1.23. The van der Waals surface area contributed by atoms with E-state index in [1.807, 2.05) is 5.38 Å². The Kier molecular flexibility index (Phi) is 2.73. The zero-order valence-corrected chi connectivity index (χ0v) is 8.70.